The van der Waals surface area contributed by atoms with Crippen molar-refractivity contribution in [3.8, 4) is 11.3 Å². The molecular weight excluding hydrogens is 399 g/mol. The van der Waals surface area contributed by atoms with Gasteiger partial charge in [0.2, 0.25) is 5.95 Å². The Labute approximate surface area is 169 Å². The number of amides is 1. The van der Waals surface area contributed by atoms with Crippen molar-refractivity contribution in [1.82, 2.24) is 30.0 Å². The molecule has 1 aliphatic rings. The van der Waals surface area contributed by atoms with Crippen LogP contribution in [0.25, 0.3) is 11.3 Å². The normalized spacial score (nSPS) is 16.7. The van der Waals surface area contributed by atoms with Crippen LogP contribution >= 0.6 is 0 Å². The molecule has 3 aromatic rings. The number of carbonyl (C=O) groups is 1. The third kappa shape index (κ3) is 4.24. The first-order valence-electron chi connectivity index (χ1n) is 9.21. The predicted octanol–water partition coefficient (Wildman–Crippen LogP) is 2.30. The standard InChI is InChI=1S/C19H18F3N7O/c1-28-10-12(9-25-28)15-3-6-24-18(27-15)29-7-4-14(11-29)26-17(30)16-8-13(2-5-23-16)19(20,21)22/h2-3,5-6,8-10,14H,4,7,11H2,1H3,(H,26,30). The lowest BCUT2D eigenvalue weighted by molar-refractivity contribution is -0.137. The number of aryl methyl sites for hydroxylation is 1. The fourth-order valence-electron chi connectivity index (χ4n) is 3.27. The Bertz CT molecular complexity index is 1070. The summed E-state index contributed by atoms with van der Waals surface area (Å²) in [5.41, 5.74) is 0.420. The summed E-state index contributed by atoms with van der Waals surface area (Å²) in [4.78, 5) is 26.9. The van der Waals surface area contributed by atoms with E-state index >= 15 is 0 Å². The summed E-state index contributed by atoms with van der Waals surface area (Å²) in [7, 11) is 1.82. The molecule has 4 heterocycles. The second-order valence-corrected chi connectivity index (χ2v) is 6.98. The van der Waals surface area contributed by atoms with E-state index in [4.69, 9.17) is 0 Å². The summed E-state index contributed by atoms with van der Waals surface area (Å²) >= 11 is 0. The fraction of sp³-hybridized carbons (Fsp3) is 0.316. The Morgan fingerprint density at radius 3 is 2.77 bits per heavy atom. The van der Waals surface area contributed by atoms with E-state index in [1.807, 2.05) is 18.1 Å². The van der Waals surface area contributed by atoms with Gasteiger partial charge >= 0.3 is 6.18 Å². The summed E-state index contributed by atoms with van der Waals surface area (Å²) in [6.45, 7) is 1.05. The maximum Gasteiger partial charge on any atom is 0.416 e. The largest absolute Gasteiger partial charge is 0.416 e. The van der Waals surface area contributed by atoms with E-state index in [2.05, 4.69) is 25.4 Å². The number of anilines is 1. The van der Waals surface area contributed by atoms with Gasteiger partial charge in [0, 0.05) is 50.3 Å². The minimum Gasteiger partial charge on any atom is -0.346 e. The number of hydrogen-bond donors (Lipinski definition) is 1. The number of aromatic nitrogens is 5. The Morgan fingerprint density at radius 2 is 2.03 bits per heavy atom. The Hall–Kier alpha value is -3.50. The van der Waals surface area contributed by atoms with Crippen LogP contribution in [0.2, 0.25) is 0 Å². The van der Waals surface area contributed by atoms with E-state index in [0.717, 1.165) is 29.6 Å². The molecule has 1 unspecified atom stereocenters. The van der Waals surface area contributed by atoms with Crippen molar-refractivity contribution in [2.75, 3.05) is 18.0 Å². The van der Waals surface area contributed by atoms with Gasteiger partial charge in [-0.05, 0) is 24.6 Å². The molecule has 1 atom stereocenters. The quantitative estimate of drug-likeness (QED) is 0.701. The molecule has 1 amide bonds. The SMILES string of the molecule is Cn1cc(-c2ccnc(N3CCC(NC(=O)c4cc(C(F)(F)F)ccn4)C3)n2)cn1. The van der Waals surface area contributed by atoms with Gasteiger partial charge in [-0.2, -0.15) is 18.3 Å². The molecule has 0 saturated carbocycles. The van der Waals surface area contributed by atoms with Crippen LogP contribution in [-0.2, 0) is 13.2 Å². The molecule has 1 aliphatic heterocycles. The van der Waals surface area contributed by atoms with E-state index in [1.54, 1.807) is 23.1 Å². The number of nitrogens with one attached hydrogen (secondary N) is 1. The minimum atomic E-state index is -4.53. The van der Waals surface area contributed by atoms with Crippen molar-refractivity contribution in [3.63, 3.8) is 0 Å². The number of halogens is 3. The summed E-state index contributed by atoms with van der Waals surface area (Å²) in [6, 6.07) is 3.12. The van der Waals surface area contributed by atoms with Gasteiger partial charge < -0.3 is 10.2 Å². The molecule has 0 bridgehead atoms. The van der Waals surface area contributed by atoms with Gasteiger partial charge in [0.25, 0.3) is 5.91 Å². The zero-order chi connectivity index (χ0) is 21.3. The minimum absolute atomic E-state index is 0.250. The van der Waals surface area contributed by atoms with Crippen molar-refractivity contribution in [3.05, 3.63) is 54.2 Å². The van der Waals surface area contributed by atoms with Crippen LogP contribution in [-0.4, -0.2) is 49.8 Å². The molecule has 30 heavy (non-hydrogen) atoms. The summed E-state index contributed by atoms with van der Waals surface area (Å²) in [5.74, 6) is -0.122. The van der Waals surface area contributed by atoms with Crippen LogP contribution in [0.4, 0.5) is 19.1 Å². The van der Waals surface area contributed by atoms with Gasteiger partial charge in [-0.1, -0.05) is 0 Å². The summed E-state index contributed by atoms with van der Waals surface area (Å²) in [5, 5.41) is 6.88. The third-order valence-corrected chi connectivity index (χ3v) is 4.77. The van der Waals surface area contributed by atoms with Crippen LogP contribution in [0.15, 0.2) is 43.0 Å². The summed E-state index contributed by atoms with van der Waals surface area (Å²) in [6.07, 6.45) is 2.28. The molecule has 1 N–H and O–H groups in total. The molecular formula is C19H18F3N7O. The predicted molar refractivity (Wildman–Crippen MR) is 102 cm³/mol. The highest BCUT2D eigenvalue weighted by molar-refractivity contribution is 5.92. The number of carbonyl (C=O) groups excluding carboxylic acids is 1. The Morgan fingerprint density at radius 1 is 1.23 bits per heavy atom. The van der Waals surface area contributed by atoms with E-state index in [9.17, 15) is 18.0 Å². The van der Waals surface area contributed by atoms with Gasteiger partial charge in [-0.15, -0.1) is 0 Å². The zero-order valence-electron chi connectivity index (χ0n) is 16.0. The highest BCUT2D eigenvalue weighted by atomic mass is 19.4. The van der Waals surface area contributed by atoms with Gasteiger partial charge in [-0.25, -0.2) is 9.97 Å². The van der Waals surface area contributed by atoms with Crippen LogP contribution in [0.3, 0.4) is 0 Å². The van der Waals surface area contributed by atoms with E-state index in [-0.39, 0.29) is 11.7 Å². The number of pyridine rings is 1. The van der Waals surface area contributed by atoms with Crippen molar-refractivity contribution in [2.45, 2.75) is 18.6 Å². The second-order valence-electron chi connectivity index (χ2n) is 6.98. The van der Waals surface area contributed by atoms with Gasteiger partial charge in [0.15, 0.2) is 0 Å². The number of nitrogens with zero attached hydrogens (tertiary/aromatic N) is 6. The molecule has 11 heteroatoms. The number of alkyl halides is 3. The number of rotatable bonds is 4. The average Bonchev–Trinajstić information content (AvgIpc) is 3.37. The van der Waals surface area contributed by atoms with Crippen LogP contribution < -0.4 is 10.2 Å². The molecule has 156 valence electrons. The number of hydrogen-bond acceptors (Lipinski definition) is 6. The lowest BCUT2D eigenvalue weighted by Gasteiger charge is -2.17. The highest BCUT2D eigenvalue weighted by Gasteiger charge is 2.32. The molecule has 0 spiro atoms. The first-order chi connectivity index (χ1) is 14.3. The van der Waals surface area contributed by atoms with Crippen molar-refractivity contribution < 1.29 is 18.0 Å². The zero-order valence-corrected chi connectivity index (χ0v) is 16.0. The van der Waals surface area contributed by atoms with E-state index in [1.165, 1.54) is 0 Å². The molecule has 1 saturated heterocycles. The van der Waals surface area contributed by atoms with Gasteiger partial charge in [0.05, 0.1) is 17.5 Å². The van der Waals surface area contributed by atoms with E-state index < -0.39 is 17.6 Å². The topological polar surface area (TPSA) is 88.8 Å². The molecule has 0 aliphatic carbocycles. The monoisotopic (exact) mass is 417 g/mol. The van der Waals surface area contributed by atoms with Crippen molar-refractivity contribution in [1.29, 1.82) is 0 Å². The molecule has 3 aromatic heterocycles. The smallest absolute Gasteiger partial charge is 0.346 e. The average molecular weight is 417 g/mol. The van der Waals surface area contributed by atoms with Crippen LogP contribution in [0.1, 0.15) is 22.5 Å². The van der Waals surface area contributed by atoms with Gasteiger partial charge in [0.1, 0.15) is 5.69 Å². The maximum atomic E-state index is 12.8. The Balaban J connectivity index is 1.42. The molecule has 1 fully saturated rings. The fourth-order valence-corrected chi connectivity index (χ4v) is 3.27. The first-order valence-corrected chi connectivity index (χ1v) is 9.21. The van der Waals surface area contributed by atoms with Gasteiger partial charge in [-0.3, -0.25) is 14.5 Å². The Kier molecular flexibility index (Phi) is 5.10. The summed E-state index contributed by atoms with van der Waals surface area (Å²) < 4.78 is 40.2. The molecule has 4 rings (SSSR count). The van der Waals surface area contributed by atoms with E-state index in [0.29, 0.717) is 25.5 Å². The van der Waals surface area contributed by atoms with Crippen LogP contribution in [0.5, 0.6) is 0 Å². The lowest BCUT2D eigenvalue weighted by atomic mass is 10.2. The maximum absolute atomic E-state index is 12.8. The van der Waals surface area contributed by atoms with Crippen LogP contribution in [0, 0.1) is 0 Å². The third-order valence-electron chi connectivity index (χ3n) is 4.77. The second kappa shape index (κ2) is 7.73. The first kappa shape index (κ1) is 19.8. The lowest BCUT2D eigenvalue weighted by Crippen LogP contribution is -2.37. The highest BCUT2D eigenvalue weighted by Crippen LogP contribution is 2.29. The van der Waals surface area contributed by atoms with Crippen molar-refractivity contribution in [2.24, 2.45) is 7.05 Å². The van der Waals surface area contributed by atoms with Crippen molar-refractivity contribution >= 4 is 11.9 Å². The molecule has 0 radical (unpaired) electrons. The molecule has 8 nitrogen and oxygen atoms in total. The molecule has 0 aromatic carbocycles.